The zero-order valence-corrected chi connectivity index (χ0v) is 11.7. The minimum absolute atomic E-state index is 0.00891. The Hall–Kier alpha value is -1.91. The van der Waals surface area contributed by atoms with Gasteiger partial charge in [0.2, 0.25) is 5.91 Å². The quantitative estimate of drug-likeness (QED) is 0.807. The number of amides is 1. The molecule has 20 heavy (non-hydrogen) atoms. The van der Waals surface area contributed by atoms with E-state index in [1.165, 1.54) is 12.1 Å². The molecule has 1 aromatic carbocycles. The number of benzene rings is 1. The maximum absolute atomic E-state index is 12.8. The summed E-state index contributed by atoms with van der Waals surface area (Å²) >= 11 is 0. The van der Waals surface area contributed by atoms with Gasteiger partial charge < -0.3 is 10.4 Å². The van der Waals surface area contributed by atoms with Crippen molar-refractivity contribution < 1.29 is 19.1 Å². The van der Waals surface area contributed by atoms with Crippen LogP contribution >= 0.6 is 0 Å². The van der Waals surface area contributed by atoms with Crippen LogP contribution in [0.4, 0.5) is 4.39 Å². The van der Waals surface area contributed by atoms with Gasteiger partial charge in [-0.15, -0.1) is 0 Å². The zero-order valence-electron chi connectivity index (χ0n) is 11.7. The monoisotopic (exact) mass is 281 g/mol. The molecule has 1 rings (SSSR count). The molecule has 0 aliphatic heterocycles. The summed E-state index contributed by atoms with van der Waals surface area (Å²) in [6, 6.07) is 6.08. The number of aliphatic carboxylic acids is 1. The van der Waals surface area contributed by atoms with Crippen LogP contribution < -0.4 is 5.32 Å². The van der Waals surface area contributed by atoms with Gasteiger partial charge >= 0.3 is 5.97 Å². The lowest BCUT2D eigenvalue weighted by molar-refractivity contribution is -0.138. The van der Waals surface area contributed by atoms with E-state index in [2.05, 4.69) is 5.32 Å². The molecule has 0 aromatic heterocycles. The first kappa shape index (κ1) is 16.1. The first-order valence-electron chi connectivity index (χ1n) is 6.62. The van der Waals surface area contributed by atoms with Crippen LogP contribution in [0.2, 0.25) is 0 Å². The molecule has 5 heteroatoms. The summed E-state index contributed by atoms with van der Waals surface area (Å²) in [7, 11) is 0. The average Bonchev–Trinajstić information content (AvgIpc) is 2.36. The highest BCUT2D eigenvalue weighted by Crippen LogP contribution is 2.19. The van der Waals surface area contributed by atoms with Gasteiger partial charge in [-0.3, -0.25) is 9.59 Å². The summed E-state index contributed by atoms with van der Waals surface area (Å²) in [5.41, 5.74) is 0.903. The molecule has 0 saturated carbocycles. The van der Waals surface area contributed by atoms with Crippen LogP contribution in [0.3, 0.4) is 0 Å². The van der Waals surface area contributed by atoms with Gasteiger partial charge in [-0.2, -0.15) is 0 Å². The molecule has 4 nitrogen and oxygen atoms in total. The molecule has 0 aliphatic rings. The highest BCUT2D eigenvalue weighted by Gasteiger charge is 2.13. The second-order valence-corrected chi connectivity index (χ2v) is 5.16. The van der Waals surface area contributed by atoms with Crippen molar-refractivity contribution in [2.45, 2.75) is 32.6 Å². The number of carboxylic acid groups (broad SMARTS) is 1. The maximum atomic E-state index is 12.8. The molecule has 0 bridgehead atoms. The summed E-state index contributed by atoms with van der Waals surface area (Å²) in [5.74, 6) is -1.40. The number of carboxylic acids is 1. The fraction of sp³-hybridized carbons (Fsp3) is 0.467. The summed E-state index contributed by atoms with van der Waals surface area (Å²) in [4.78, 5) is 22.3. The number of hydrogen-bond acceptors (Lipinski definition) is 2. The van der Waals surface area contributed by atoms with Crippen molar-refractivity contribution in [3.05, 3.63) is 35.6 Å². The van der Waals surface area contributed by atoms with Crippen molar-refractivity contribution in [3.63, 3.8) is 0 Å². The van der Waals surface area contributed by atoms with Gasteiger partial charge in [0.05, 0.1) is 0 Å². The van der Waals surface area contributed by atoms with Crippen molar-refractivity contribution in [1.82, 2.24) is 5.32 Å². The number of rotatable bonds is 7. The van der Waals surface area contributed by atoms with Crippen LogP contribution in [-0.2, 0) is 9.59 Å². The van der Waals surface area contributed by atoms with Gasteiger partial charge in [0, 0.05) is 19.4 Å². The van der Waals surface area contributed by atoms with Crippen molar-refractivity contribution >= 4 is 11.9 Å². The normalized spacial score (nSPS) is 13.6. The number of halogens is 1. The van der Waals surface area contributed by atoms with E-state index in [1.54, 1.807) is 19.1 Å². The first-order chi connectivity index (χ1) is 9.38. The van der Waals surface area contributed by atoms with Gasteiger partial charge in [0.1, 0.15) is 5.82 Å². The molecule has 0 aliphatic carbocycles. The summed E-state index contributed by atoms with van der Waals surface area (Å²) in [5, 5.41) is 11.3. The predicted molar refractivity (Wildman–Crippen MR) is 73.9 cm³/mol. The second-order valence-electron chi connectivity index (χ2n) is 5.16. The van der Waals surface area contributed by atoms with E-state index in [0.717, 1.165) is 5.56 Å². The van der Waals surface area contributed by atoms with Crippen molar-refractivity contribution in [1.29, 1.82) is 0 Å². The van der Waals surface area contributed by atoms with Gasteiger partial charge in [-0.1, -0.05) is 26.0 Å². The molecule has 1 amide bonds. The average molecular weight is 281 g/mol. The Kier molecular flexibility index (Phi) is 6.15. The second kappa shape index (κ2) is 7.62. The lowest BCUT2D eigenvalue weighted by Crippen LogP contribution is -2.29. The molecule has 0 heterocycles. The largest absolute Gasteiger partial charge is 0.481 e. The van der Waals surface area contributed by atoms with Gasteiger partial charge in [-0.25, -0.2) is 4.39 Å². The van der Waals surface area contributed by atoms with E-state index in [1.807, 2.05) is 6.92 Å². The number of carbonyl (C=O) groups is 2. The molecule has 0 radical (unpaired) electrons. The molecule has 1 aromatic rings. The molecule has 2 unspecified atom stereocenters. The van der Waals surface area contributed by atoms with Crippen molar-refractivity contribution in [2.24, 2.45) is 5.92 Å². The fourth-order valence-corrected chi connectivity index (χ4v) is 1.92. The van der Waals surface area contributed by atoms with Crippen LogP contribution in [-0.4, -0.2) is 23.5 Å². The summed E-state index contributed by atoms with van der Waals surface area (Å²) in [6.07, 6.45) is 0.333. The highest BCUT2D eigenvalue weighted by atomic mass is 19.1. The van der Waals surface area contributed by atoms with E-state index < -0.39 is 5.97 Å². The fourth-order valence-electron chi connectivity index (χ4n) is 1.92. The van der Waals surface area contributed by atoms with Gasteiger partial charge in [0.15, 0.2) is 0 Å². The summed E-state index contributed by atoms with van der Waals surface area (Å²) < 4.78 is 12.8. The minimum Gasteiger partial charge on any atom is -0.481 e. The Labute approximate surface area is 118 Å². The molecular weight excluding hydrogens is 261 g/mol. The van der Waals surface area contributed by atoms with E-state index in [4.69, 9.17) is 5.11 Å². The zero-order chi connectivity index (χ0) is 15.1. The standard InChI is InChI=1S/C15H20FNO3/c1-10(7-15(19)20)9-17-14(18)8-11(2)12-3-5-13(16)6-4-12/h3-6,10-11H,7-9H2,1-2H3,(H,17,18)(H,19,20). The number of nitrogens with one attached hydrogen (secondary N) is 1. The van der Waals surface area contributed by atoms with Crippen LogP contribution in [0, 0.1) is 11.7 Å². The van der Waals surface area contributed by atoms with Crippen molar-refractivity contribution in [2.75, 3.05) is 6.54 Å². The van der Waals surface area contributed by atoms with Crippen molar-refractivity contribution in [3.8, 4) is 0 Å². The third kappa shape index (κ3) is 5.82. The Bertz CT molecular complexity index is 459. The Morgan fingerprint density at radius 2 is 1.80 bits per heavy atom. The summed E-state index contributed by atoms with van der Waals surface area (Å²) in [6.45, 7) is 4.02. The SMILES string of the molecule is CC(CNC(=O)CC(C)c1ccc(F)cc1)CC(=O)O. The molecule has 110 valence electrons. The van der Waals surface area contributed by atoms with Crippen LogP contribution in [0.15, 0.2) is 24.3 Å². The van der Waals surface area contributed by atoms with Gasteiger partial charge in [-0.05, 0) is 29.5 Å². The van der Waals surface area contributed by atoms with E-state index in [9.17, 15) is 14.0 Å². The molecule has 0 spiro atoms. The third-order valence-electron chi connectivity index (χ3n) is 3.10. The lowest BCUT2D eigenvalue weighted by atomic mass is 9.97. The Morgan fingerprint density at radius 1 is 1.20 bits per heavy atom. The Morgan fingerprint density at radius 3 is 2.35 bits per heavy atom. The number of carbonyl (C=O) groups excluding carboxylic acids is 1. The van der Waals surface area contributed by atoms with E-state index >= 15 is 0 Å². The smallest absolute Gasteiger partial charge is 0.303 e. The van der Waals surface area contributed by atoms with Crippen LogP contribution in [0.25, 0.3) is 0 Å². The number of hydrogen-bond donors (Lipinski definition) is 2. The third-order valence-corrected chi connectivity index (χ3v) is 3.10. The topological polar surface area (TPSA) is 66.4 Å². The Balaban J connectivity index is 2.38. The minimum atomic E-state index is -0.869. The van der Waals surface area contributed by atoms with E-state index in [0.29, 0.717) is 13.0 Å². The van der Waals surface area contributed by atoms with Crippen LogP contribution in [0.1, 0.15) is 38.2 Å². The first-order valence-corrected chi connectivity index (χ1v) is 6.62. The lowest BCUT2D eigenvalue weighted by Gasteiger charge is -2.14. The molecular formula is C15H20FNO3. The highest BCUT2D eigenvalue weighted by molar-refractivity contribution is 5.77. The van der Waals surface area contributed by atoms with E-state index in [-0.39, 0.29) is 30.0 Å². The molecule has 0 saturated heterocycles. The maximum Gasteiger partial charge on any atom is 0.303 e. The molecule has 0 fully saturated rings. The predicted octanol–water partition coefficient (Wildman–Crippen LogP) is 2.55. The molecule has 2 atom stereocenters. The molecule has 2 N–H and O–H groups in total. The van der Waals surface area contributed by atoms with Crippen LogP contribution in [0.5, 0.6) is 0 Å². The van der Waals surface area contributed by atoms with Gasteiger partial charge in [0.25, 0.3) is 0 Å².